The molecule has 0 bridgehead atoms. The summed E-state index contributed by atoms with van der Waals surface area (Å²) in [5, 5.41) is 0. The second kappa shape index (κ2) is 3.44. The molecule has 1 aliphatic heterocycles. The summed E-state index contributed by atoms with van der Waals surface area (Å²) in [6, 6.07) is 0. The molecule has 0 radical (unpaired) electrons. The van der Waals surface area contributed by atoms with E-state index in [1.165, 1.54) is 0 Å². The van der Waals surface area contributed by atoms with E-state index in [4.69, 9.17) is 4.74 Å². The summed E-state index contributed by atoms with van der Waals surface area (Å²) < 4.78 is 6.30. The van der Waals surface area contributed by atoms with E-state index < -0.39 is 0 Å². The third kappa shape index (κ3) is 1.72. The van der Waals surface area contributed by atoms with Gasteiger partial charge >= 0.3 is 0 Å². The summed E-state index contributed by atoms with van der Waals surface area (Å²) in [5.41, 5.74) is 0.904. The van der Waals surface area contributed by atoms with E-state index in [9.17, 15) is 0 Å². The quantitative estimate of drug-likeness (QED) is 0.691. The van der Waals surface area contributed by atoms with Crippen molar-refractivity contribution in [3.63, 3.8) is 0 Å². The van der Waals surface area contributed by atoms with E-state index in [2.05, 4.69) is 51.5 Å². The van der Waals surface area contributed by atoms with Gasteiger partial charge in [0.1, 0.15) is 11.9 Å². The Kier molecular flexibility index (Phi) is 2.49. The fraction of sp³-hybridized carbons (Fsp3) is 0.714. The van der Waals surface area contributed by atoms with Gasteiger partial charge in [0.05, 0.1) is 11.9 Å². The topological polar surface area (TPSA) is 35.0 Å². The van der Waals surface area contributed by atoms with E-state index in [-0.39, 0.29) is 16.4 Å². The zero-order valence-electron chi connectivity index (χ0n) is 11.7. The number of nitrogens with zero attached hydrogens (tertiary/aromatic N) is 2. The predicted octanol–water partition coefficient (Wildman–Crippen LogP) is 3.24. The van der Waals surface area contributed by atoms with Gasteiger partial charge < -0.3 is 4.74 Å². The van der Waals surface area contributed by atoms with Crippen LogP contribution in [0.2, 0.25) is 0 Å². The van der Waals surface area contributed by atoms with Crippen LogP contribution in [0.25, 0.3) is 0 Å². The van der Waals surface area contributed by atoms with Crippen molar-refractivity contribution in [2.24, 2.45) is 10.8 Å². The molecule has 2 heterocycles. The zero-order valence-corrected chi connectivity index (χ0v) is 11.7. The highest BCUT2D eigenvalue weighted by Gasteiger charge is 2.56. The SMILES string of the molecule is CC(C)(C)C1(C(C)(C)C)Cc2ncncc2O1. The van der Waals surface area contributed by atoms with Crippen molar-refractivity contribution >= 4 is 0 Å². The average molecular weight is 234 g/mol. The lowest BCUT2D eigenvalue weighted by molar-refractivity contribution is -0.0988. The van der Waals surface area contributed by atoms with Gasteiger partial charge in [-0.3, -0.25) is 0 Å². The molecule has 1 aliphatic rings. The van der Waals surface area contributed by atoms with Crippen molar-refractivity contribution < 1.29 is 4.74 Å². The highest BCUT2D eigenvalue weighted by molar-refractivity contribution is 5.33. The van der Waals surface area contributed by atoms with Gasteiger partial charge in [0.15, 0.2) is 5.75 Å². The van der Waals surface area contributed by atoms with Crippen LogP contribution in [0, 0.1) is 10.8 Å². The first-order valence-corrected chi connectivity index (χ1v) is 6.15. The third-order valence-corrected chi connectivity index (χ3v) is 3.88. The van der Waals surface area contributed by atoms with Crippen LogP contribution in [0.15, 0.2) is 12.5 Å². The van der Waals surface area contributed by atoms with Gasteiger partial charge in [-0.2, -0.15) is 0 Å². The van der Waals surface area contributed by atoms with Gasteiger partial charge in [-0.05, 0) is 0 Å². The highest BCUT2D eigenvalue weighted by Crippen LogP contribution is 2.53. The van der Waals surface area contributed by atoms with Crippen LogP contribution >= 0.6 is 0 Å². The van der Waals surface area contributed by atoms with Gasteiger partial charge in [0.25, 0.3) is 0 Å². The molecule has 0 aliphatic carbocycles. The van der Waals surface area contributed by atoms with Gasteiger partial charge in [0.2, 0.25) is 0 Å². The molecule has 1 aromatic rings. The summed E-state index contributed by atoms with van der Waals surface area (Å²) >= 11 is 0. The molecule has 0 aromatic carbocycles. The molecule has 0 N–H and O–H groups in total. The summed E-state index contributed by atoms with van der Waals surface area (Å²) in [5.74, 6) is 0.845. The van der Waals surface area contributed by atoms with Crippen molar-refractivity contribution in [1.29, 1.82) is 0 Å². The molecular weight excluding hydrogens is 212 g/mol. The maximum atomic E-state index is 6.30. The van der Waals surface area contributed by atoms with Gasteiger partial charge in [0, 0.05) is 17.3 Å². The van der Waals surface area contributed by atoms with E-state index in [0.717, 1.165) is 17.9 Å². The molecule has 94 valence electrons. The number of fused-ring (bicyclic) bond motifs is 1. The lowest BCUT2D eigenvalue weighted by Gasteiger charge is -2.49. The van der Waals surface area contributed by atoms with Crippen molar-refractivity contribution in [3.05, 3.63) is 18.2 Å². The highest BCUT2D eigenvalue weighted by atomic mass is 16.5. The second-order valence-corrected chi connectivity index (χ2v) is 6.94. The number of hydrogen-bond donors (Lipinski definition) is 0. The Morgan fingerprint density at radius 2 is 1.71 bits per heavy atom. The Hall–Kier alpha value is -1.12. The first kappa shape index (κ1) is 12.3. The van der Waals surface area contributed by atoms with Crippen LogP contribution in [0.1, 0.15) is 47.2 Å². The Balaban J connectivity index is 2.50. The Labute approximate surface area is 104 Å². The molecule has 1 aromatic heterocycles. The minimum atomic E-state index is -0.224. The smallest absolute Gasteiger partial charge is 0.160 e. The van der Waals surface area contributed by atoms with E-state index in [0.29, 0.717) is 0 Å². The van der Waals surface area contributed by atoms with Gasteiger partial charge in [-0.25, -0.2) is 9.97 Å². The largest absolute Gasteiger partial charge is 0.482 e. The van der Waals surface area contributed by atoms with Crippen LogP contribution in [0.3, 0.4) is 0 Å². The molecule has 0 atom stereocenters. The Morgan fingerprint density at radius 3 is 2.18 bits per heavy atom. The van der Waals surface area contributed by atoms with Gasteiger partial charge in [-0.15, -0.1) is 0 Å². The van der Waals surface area contributed by atoms with E-state index in [1.54, 1.807) is 12.5 Å². The maximum Gasteiger partial charge on any atom is 0.160 e. The summed E-state index contributed by atoms with van der Waals surface area (Å²) in [7, 11) is 0. The monoisotopic (exact) mass is 234 g/mol. The van der Waals surface area contributed by atoms with Crippen LogP contribution in [-0.4, -0.2) is 15.6 Å². The molecule has 3 nitrogen and oxygen atoms in total. The first-order chi connectivity index (χ1) is 7.67. The number of ether oxygens (including phenoxy) is 1. The molecule has 0 saturated carbocycles. The van der Waals surface area contributed by atoms with E-state index in [1.807, 2.05) is 0 Å². The van der Waals surface area contributed by atoms with Crippen molar-refractivity contribution in [2.45, 2.75) is 53.6 Å². The summed E-state index contributed by atoms with van der Waals surface area (Å²) in [4.78, 5) is 8.40. The molecule has 0 unspecified atom stereocenters. The van der Waals surface area contributed by atoms with Crippen LogP contribution < -0.4 is 4.74 Å². The minimum absolute atomic E-state index is 0.0476. The molecule has 0 spiro atoms. The Morgan fingerprint density at radius 1 is 1.12 bits per heavy atom. The minimum Gasteiger partial charge on any atom is -0.482 e. The predicted molar refractivity (Wildman–Crippen MR) is 68.0 cm³/mol. The third-order valence-electron chi connectivity index (χ3n) is 3.88. The standard InChI is InChI=1S/C14H22N2O/c1-12(2,3)14(13(4,5)6)7-10-11(17-14)8-15-9-16-10/h8-9H,7H2,1-6H3. The average Bonchev–Trinajstić information content (AvgIpc) is 2.55. The number of aromatic nitrogens is 2. The van der Waals surface area contributed by atoms with E-state index >= 15 is 0 Å². The molecule has 0 fully saturated rings. The van der Waals surface area contributed by atoms with Crippen molar-refractivity contribution in [1.82, 2.24) is 9.97 Å². The second-order valence-electron chi connectivity index (χ2n) is 6.94. The summed E-state index contributed by atoms with van der Waals surface area (Å²) in [6.07, 6.45) is 4.24. The fourth-order valence-corrected chi connectivity index (χ4v) is 2.98. The van der Waals surface area contributed by atoms with Crippen molar-refractivity contribution in [3.8, 4) is 5.75 Å². The first-order valence-electron chi connectivity index (χ1n) is 6.15. The number of rotatable bonds is 0. The molecular formula is C14H22N2O. The normalized spacial score (nSPS) is 18.7. The molecule has 0 amide bonds. The number of hydrogen-bond acceptors (Lipinski definition) is 3. The molecule has 3 heteroatoms. The summed E-state index contributed by atoms with van der Waals surface area (Å²) in [6.45, 7) is 13.4. The fourth-order valence-electron chi connectivity index (χ4n) is 2.98. The van der Waals surface area contributed by atoms with Crippen molar-refractivity contribution in [2.75, 3.05) is 0 Å². The van der Waals surface area contributed by atoms with Crippen LogP contribution in [0.5, 0.6) is 5.75 Å². The van der Waals surface area contributed by atoms with Crippen LogP contribution in [-0.2, 0) is 6.42 Å². The molecule has 17 heavy (non-hydrogen) atoms. The lowest BCUT2D eigenvalue weighted by atomic mass is 9.61. The maximum absolute atomic E-state index is 6.30. The van der Waals surface area contributed by atoms with Gasteiger partial charge in [-0.1, -0.05) is 41.5 Å². The molecule has 2 rings (SSSR count). The Bertz CT molecular complexity index is 386. The zero-order chi connectivity index (χ0) is 12.9. The molecule has 0 saturated heterocycles. The lowest BCUT2D eigenvalue weighted by Crippen LogP contribution is -2.56. The van der Waals surface area contributed by atoms with Crippen LogP contribution in [0.4, 0.5) is 0 Å².